The lowest BCUT2D eigenvalue weighted by Gasteiger charge is -2.09. The molecular weight excluding hydrogens is 335 g/mol. The van der Waals surface area contributed by atoms with E-state index in [0.717, 1.165) is 11.6 Å². The fourth-order valence-corrected chi connectivity index (χ4v) is 2.43. The fourth-order valence-electron chi connectivity index (χ4n) is 1.53. The molecule has 98 valence electrons. The number of nitrogens with zero attached hydrogens (tertiary/aromatic N) is 1. The summed E-state index contributed by atoms with van der Waals surface area (Å²) in [5.74, 6) is -0.836. The van der Waals surface area contributed by atoms with E-state index in [9.17, 15) is 9.18 Å². The van der Waals surface area contributed by atoms with Crippen molar-refractivity contribution in [2.24, 2.45) is 0 Å². The summed E-state index contributed by atoms with van der Waals surface area (Å²) in [6, 6.07) is 4.07. The summed E-state index contributed by atoms with van der Waals surface area (Å²) in [6.45, 7) is 1.84. The number of rotatable bonds is 2. The average molecular weight is 344 g/mol. The highest BCUT2D eigenvalue weighted by molar-refractivity contribution is 9.10. The molecule has 6 heteroatoms. The Morgan fingerprint density at radius 2 is 2.11 bits per heavy atom. The number of halogens is 3. The van der Waals surface area contributed by atoms with E-state index in [1.807, 2.05) is 6.92 Å². The highest BCUT2D eigenvalue weighted by Crippen LogP contribution is 2.32. The number of aromatic nitrogens is 1. The van der Waals surface area contributed by atoms with Gasteiger partial charge in [0.05, 0.1) is 16.3 Å². The van der Waals surface area contributed by atoms with E-state index in [1.165, 1.54) is 12.3 Å². The number of pyridine rings is 1. The van der Waals surface area contributed by atoms with Crippen LogP contribution in [0.3, 0.4) is 0 Å². The Hall–Kier alpha value is -1.46. The number of hydrogen-bond donors (Lipinski definition) is 1. The van der Waals surface area contributed by atoms with Crippen molar-refractivity contribution in [3.63, 3.8) is 0 Å². The molecule has 2 rings (SSSR count). The summed E-state index contributed by atoms with van der Waals surface area (Å²) in [6.07, 6.45) is 3.10. The first kappa shape index (κ1) is 14.0. The third-order valence-corrected chi connectivity index (χ3v) is 3.31. The maximum Gasteiger partial charge on any atom is 0.257 e. The molecule has 0 spiro atoms. The minimum absolute atomic E-state index is 0.126. The van der Waals surface area contributed by atoms with Crippen LogP contribution in [0.25, 0.3) is 0 Å². The van der Waals surface area contributed by atoms with Crippen LogP contribution in [0.5, 0.6) is 0 Å². The van der Waals surface area contributed by atoms with Crippen LogP contribution in [0, 0.1) is 12.7 Å². The van der Waals surface area contributed by atoms with Crippen molar-refractivity contribution in [2.45, 2.75) is 6.92 Å². The van der Waals surface area contributed by atoms with Crippen LogP contribution in [0.15, 0.2) is 35.1 Å². The van der Waals surface area contributed by atoms with Gasteiger partial charge in [0.2, 0.25) is 0 Å². The van der Waals surface area contributed by atoms with Gasteiger partial charge >= 0.3 is 0 Å². The zero-order valence-corrected chi connectivity index (χ0v) is 12.2. The minimum atomic E-state index is -0.480. The third kappa shape index (κ3) is 3.30. The normalized spacial score (nSPS) is 10.3. The summed E-state index contributed by atoms with van der Waals surface area (Å²) in [4.78, 5) is 16.0. The lowest BCUT2D eigenvalue weighted by atomic mass is 10.2. The molecule has 3 nitrogen and oxygen atoms in total. The SMILES string of the molecule is Cc1cncc(C(=O)Nc2c(Cl)cc(F)cc2Br)c1. The molecule has 0 saturated heterocycles. The van der Waals surface area contributed by atoms with Crippen molar-refractivity contribution in [1.82, 2.24) is 4.98 Å². The highest BCUT2D eigenvalue weighted by Gasteiger charge is 2.13. The predicted octanol–water partition coefficient (Wildman–Crippen LogP) is 4.20. The quantitative estimate of drug-likeness (QED) is 0.888. The Kier molecular flexibility index (Phi) is 4.17. The van der Waals surface area contributed by atoms with Gasteiger partial charge < -0.3 is 5.32 Å². The van der Waals surface area contributed by atoms with Gasteiger partial charge in [-0.2, -0.15) is 0 Å². The zero-order valence-electron chi connectivity index (χ0n) is 9.88. The van der Waals surface area contributed by atoms with Crippen LogP contribution < -0.4 is 5.32 Å². The van der Waals surface area contributed by atoms with Crippen molar-refractivity contribution in [2.75, 3.05) is 5.32 Å². The smallest absolute Gasteiger partial charge is 0.257 e. The van der Waals surface area contributed by atoms with Gasteiger partial charge in [0.1, 0.15) is 5.82 Å². The average Bonchev–Trinajstić information content (AvgIpc) is 2.33. The molecule has 1 N–H and O–H groups in total. The van der Waals surface area contributed by atoms with Gasteiger partial charge in [-0.05, 0) is 46.6 Å². The van der Waals surface area contributed by atoms with E-state index in [-0.39, 0.29) is 10.9 Å². The molecule has 0 aliphatic rings. The molecule has 1 amide bonds. The molecule has 0 atom stereocenters. The molecule has 2 aromatic rings. The van der Waals surface area contributed by atoms with E-state index >= 15 is 0 Å². The summed E-state index contributed by atoms with van der Waals surface area (Å²) in [5.41, 5.74) is 1.61. The Bertz CT molecular complexity index is 625. The van der Waals surface area contributed by atoms with Gasteiger partial charge in [0.15, 0.2) is 0 Å². The highest BCUT2D eigenvalue weighted by atomic mass is 79.9. The molecule has 0 unspecified atom stereocenters. The maximum absolute atomic E-state index is 13.1. The second-order valence-electron chi connectivity index (χ2n) is 3.95. The summed E-state index contributed by atoms with van der Waals surface area (Å²) in [7, 11) is 0. The van der Waals surface area contributed by atoms with Crippen LogP contribution in [0.2, 0.25) is 5.02 Å². The van der Waals surface area contributed by atoms with E-state index in [0.29, 0.717) is 15.7 Å². The first-order chi connectivity index (χ1) is 8.97. The summed E-state index contributed by atoms with van der Waals surface area (Å²) in [5, 5.41) is 2.75. The first-order valence-corrected chi connectivity index (χ1v) is 6.52. The number of amides is 1. The molecule has 0 aliphatic carbocycles. The Morgan fingerprint density at radius 1 is 1.37 bits per heavy atom. The van der Waals surface area contributed by atoms with Crippen LogP contribution >= 0.6 is 27.5 Å². The number of anilines is 1. The van der Waals surface area contributed by atoms with Crippen molar-refractivity contribution >= 4 is 39.1 Å². The number of carbonyl (C=O) groups is 1. The van der Waals surface area contributed by atoms with Crippen LogP contribution in [0.1, 0.15) is 15.9 Å². The molecule has 1 aromatic carbocycles. The summed E-state index contributed by atoms with van der Waals surface area (Å²) < 4.78 is 13.5. The molecule has 0 radical (unpaired) electrons. The first-order valence-electron chi connectivity index (χ1n) is 5.35. The van der Waals surface area contributed by atoms with Gasteiger partial charge in [-0.25, -0.2) is 4.39 Å². The van der Waals surface area contributed by atoms with Crippen LogP contribution in [-0.2, 0) is 0 Å². The summed E-state index contributed by atoms with van der Waals surface area (Å²) >= 11 is 9.06. The van der Waals surface area contributed by atoms with Crippen LogP contribution in [-0.4, -0.2) is 10.9 Å². The number of aryl methyl sites for hydroxylation is 1. The molecule has 0 aliphatic heterocycles. The molecule has 0 fully saturated rings. The Labute approximate surface area is 122 Å². The predicted molar refractivity (Wildman–Crippen MR) is 76.0 cm³/mol. The van der Waals surface area contributed by atoms with Gasteiger partial charge in [0, 0.05) is 16.9 Å². The van der Waals surface area contributed by atoms with Crippen LogP contribution in [0.4, 0.5) is 10.1 Å². The number of carbonyl (C=O) groups excluding carboxylic acids is 1. The van der Waals surface area contributed by atoms with Gasteiger partial charge in [-0.15, -0.1) is 0 Å². The number of benzene rings is 1. The standard InChI is InChI=1S/C13H9BrClFN2O/c1-7-2-8(6-17-5-7)13(19)18-12-10(14)3-9(16)4-11(12)15/h2-6H,1H3,(H,18,19). The number of nitrogens with one attached hydrogen (secondary N) is 1. The molecule has 0 bridgehead atoms. The zero-order chi connectivity index (χ0) is 14.0. The van der Waals surface area contributed by atoms with E-state index in [1.54, 1.807) is 12.3 Å². The van der Waals surface area contributed by atoms with E-state index in [2.05, 4.69) is 26.2 Å². The van der Waals surface area contributed by atoms with Crippen molar-refractivity contribution in [1.29, 1.82) is 0 Å². The van der Waals surface area contributed by atoms with Gasteiger partial charge in [-0.1, -0.05) is 11.6 Å². The molecule has 0 saturated carbocycles. The van der Waals surface area contributed by atoms with Crippen molar-refractivity contribution in [3.05, 3.63) is 57.0 Å². The number of hydrogen-bond acceptors (Lipinski definition) is 2. The molecule has 1 aromatic heterocycles. The van der Waals surface area contributed by atoms with E-state index in [4.69, 9.17) is 11.6 Å². The lowest BCUT2D eigenvalue weighted by Crippen LogP contribution is -2.13. The van der Waals surface area contributed by atoms with Crippen molar-refractivity contribution in [3.8, 4) is 0 Å². The molecule has 19 heavy (non-hydrogen) atoms. The van der Waals surface area contributed by atoms with Crippen molar-refractivity contribution < 1.29 is 9.18 Å². The van der Waals surface area contributed by atoms with Gasteiger partial charge in [0.25, 0.3) is 5.91 Å². The maximum atomic E-state index is 13.1. The second-order valence-corrected chi connectivity index (χ2v) is 5.21. The Balaban J connectivity index is 2.29. The Morgan fingerprint density at radius 3 is 2.74 bits per heavy atom. The topological polar surface area (TPSA) is 42.0 Å². The van der Waals surface area contributed by atoms with E-state index < -0.39 is 5.82 Å². The monoisotopic (exact) mass is 342 g/mol. The largest absolute Gasteiger partial charge is 0.320 e. The minimum Gasteiger partial charge on any atom is -0.320 e. The molecular formula is C13H9BrClFN2O. The van der Waals surface area contributed by atoms with Gasteiger partial charge in [-0.3, -0.25) is 9.78 Å². The third-order valence-electron chi connectivity index (χ3n) is 2.38. The lowest BCUT2D eigenvalue weighted by molar-refractivity contribution is 0.102. The second kappa shape index (κ2) is 5.67. The molecule has 1 heterocycles. The fraction of sp³-hybridized carbons (Fsp3) is 0.0769.